The second kappa shape index (κ2) is 4.45. The first-order chi connectivity index (χ1) is 7.24. The number of anilines is 1. The molecule has 78 valence electrons. The summed E-state index contributed by atoms with van der Waals surface area (Å²) in [5.41, 5.74) is 0.934. The summed E-state index contributed by atoms with van der Waals surface area (Å²) in [5.74, 6) is 0.768. The van der Waals surface area contributed by atoms with Gasteiger partial charge in [-0.25, -0.2) is 9.97 Å². The van der Waals surface area contributed by atoms with Crippen LogP contribution in [0, 0.1) is 10.9 Å². The normalized spacial score (nSPS) is 10.2. The molecule has 0 aliphatic carbocycles. The third-order valence-corrected chi connectivity index (χ3v) is 2.74. The van der Waals surface area contributed by atoms with E-state index in [4.69, 9.17) is 12.2 Å². The van der Waals surface area contributed by atoms with Gasteiger partial charge in [-0.05, 0) is 25.2 Å². The summed E-state index contributed by atoms with van der Waals surface area (Å²) in [4.78, 5) is 8.29. The Bertz CT molecular complexity index is 503. The first kappa shape index (κ1) is 10.2. The van der Waals surface area contributed by atoms with Crippen molar-refractivity contribution in [2.75, 3.05) is 5.32 Å². The van der Waals surface area contributed by atoms with Crippen LogP contribution in [0.5, 0.6) is 0 Å². The van der Waals surface area contributed by atoms with Gasteiger partial charge in [-0.3, -0.25) is 5.10 Å². The van der Waals surface area contributed by atoms with Crippen LogP contribution < -0.4 is 5.32 Å². The number of hydrogen-bond acceptors (Lipinski definition) is 6. The van der Waals surface area contributed by atoms with Gasteiger partial charge in [0.2, 0.25) is 5.13 Å². The fraction of sp³-hybridized carbons (Fsp3) is 0.250. The zero-order chi connectivity index (χ0) is 10.7. The zero-order valence-corrected chi connectivity index (χ0v) is 9.65. The Kier molecular flexibility index (Phi) is 3.02. The molecule has 0 aliphatic rings. The zero-order valence-electron chi connectivity index (χ0n) is 8.02. The monoisotopic (exact) mass is 239 g/mol. The highest BCUT2D eigenvalue weighted by molar-refractivity contribution is 7.73. The van der Waals surface area contributed by atoms with Crippen molar-refractivity contribution in [2.45, 2.75) is 13.5 Å². The summed E-state index contributed by atoms with van der Waals surface area (Å²) in [5, 5.41) is 10.6. The smallest absolute Gasteiger partial charge is 0.204 e. The highest BCUT2D eigenvalue weighted by Crippen LogP contribution is 2.11. The molecule has 2 aromatic rings. The van der Waals surface area contributed by atoms with Crippen molar-refractivity contribution >= 4 is 28.7 Å². The molecule has 7 heteroatoms. The number of rotatable bonds is 3. The summed E-state index contributed by atoms with van der Waals surface area (Å²) in [6, 6.07) is 1.87. The Labute approximate surface area is 95.6 Å². The van der Waals surface area contributed by atoms with E-state index in [1.54, 1.807) is 6.20 Å². The molecule has 5 nitrogen and oxygen atoms in total. The second-order valence-electron chi connectivity index (χ2n) is 2.87. The molecule has 0 spiro atoms. The summed E-state index contributed by atoms with van der Waals surface area (Å²) >= 11 is 6.32. The molecule has 0 radical (unpaired) electrons. The molecule has 2 N–H and O–H groups in total. The summed E-state index contributed by atoms with van der Waals surface area (Å²) in [6.45, 7) is 2.49. The van der Waals surface area contributed by atoms with Crippen molar-refractivity contribution in [2.24, 2.45) is 0 Å². The van der Waals surface area contributed by atoms with Gasteiger partial charge in [0.15, 0.2) is 3.95 Å². The molecule has 15 heavy (non-hydrogen) atoms. The van der Waals surface area contributed by atoms with Crippen LogP contribution in [0.3, 0.4) is 0 Å². The molecule has 0 saturated heterocycles. The molecule has 0 amide bonds. The third-order valence-electron chi connectivity index (χ3n) is 1.69. The molecular formula is C8H9N5S2. The van der Waals surface area contributed by atoms with E-state index in [0.29, 0.717) is 10.5 Å². The topological polar surface area (TPSA) is 66.5 Å². The molecule has 0 unspecified atom stereocenters. The van der Waals surface area contributed by atoms with Crippen molar-refractivity contribution in [1.82, 2.24) is 20.2 Å². The number of aromatic amines is 1. The fourth-order valence-electron chi connectivity index (χ4n) is 1.08. The molecule has 0 atom stereocenters. The lowest BCUT2D eigenvalue weighted by atomic mass is 10.4. The Hall–Kier alpha value is -1.34. The van der Waals surface area contributed by atoms with Crippen LogP contribution in [0.2, 0.25) is 0 Å². The van der Waals surface area contributed by atoms with Crippen LogP contribution in [0.25, 0.3) is 0 Å². The molecular weight excluding hydrogens is 230 g/mol. The quantitative estimate of drug-likeness (QED) is 0.801. The van der Waals surface area contributed by atoms with Crippen molar-refractivity contribution < 1.29 is 0 Å². The highest BCUT2D eigenvalue weighted by Gasteiger charge is 1.98. The van der Waals surface area contributed by atoms with Gasteiger partial charge in [-0.2, -0.15) is 0 Å². The molecule has 2 aromatic heterocycles. The van der Waals surface area contributed by atoms with Crippen LogP contribution in [-0.4, -0.2) is 20.2 Å². The number of H-pyrrole nitrogens is 1. The average Bonchev–Trinajstić information content (AvgIpc) is 2.62. The van der Waals surface area contributed by atoms with Crippen molar-refractivity contribution in [3.8, 4) is 0 Å². The van der Waals surface area contributed by atoms with Gasteiger partial charge in [0.05, 0.1) is 12.2 Å². The number of aromatic nitrogens is 4. The number of nitrogens with zero attached hydrogens (tertiary/aromatic N) is 3. The summed E-state index contributed by atoms with van der Waals surface area (Å²) in [7, 11) is 0. The molecule has 0 saturated carbocycles. The van der Waals surface area contributed by atoms with Gasteiger partial charge < -0.3 is 5.32 Å². The first-order valence-corrected chi connectivity index (χ1v) is 5.54. The summed E-state index contributed by atoms with van der Waals surface area (Å²) in [6.07, 6.45) is 1.74. The van der Waals surface area contributed by atoms with E-state index in [-0.39, 0.29) is 0 Å². The van der Waals surface area contributed by atoms with E-state index in [0.717, 1.165) is 16.6 Å². The maximum Gasteiger partial charge on any atom is 0.204 e. The van der Waals surface area contributed by atoms with E-state index in [1.807, 2.05) is 13.0 Å². The minimum absolute atomic E-state index is 0.624. The number of hydrogen-bond donors (Lipinski definition) is 2. The van der Waals surface area contributed by atoms with Gasteiger partial charge >= 0.3 is 0 Å². The van der Waals surface area contributed by atoms with Crippen LogP contribution in [0.15, 0.2) is 12.3 Å². The number of nitrogens with one attached hydrogen (secondary N) is 2. The minimum atomic E-state index is 0.624. The Morgan fingerprint density at radius 1 is 1.60 bits per heavy atom. The van der Waals surface area contributed by atoms with Crippen molar-refractivity contribution in [3.05, 3.63) is 27.7 Å². The molecule has 2 heterocycles. The predicted molar refractivity (Wildman–Crippen MR) is 61.4 cm³/mol. The Morgan fingerprint density at radius 2 is 2.47 bits per heavy atom. The largest absolute Gasteiger partial charge is 0.354 e. The van der Waals surface area contributed by atoms with E-state index >= 15 is 0 Å². The van der Waals surface area contributed by atoms with Crippen molar-refractivity contribution in [1.29, 1.82) is 0 Å². The van der Waals surface area contributed by atoms with Crippen LogP contribution >= 0.6 is 23.6 Å². The third kappa shape index (κ3) is 2.80. The number of aryl methyl sites for hydroxylation is 1. The van der Waals surface area contributed by atoms with Crippen LogP contribution in [0.4, 0.5) is 5.13 Å². The SMILES string of the molecule is Cc1nccc(CNc2n[nH]c(=S)s2)n1. The maximum atomic E-state index is 4.92. The maximum absolute atomic E-state index is 4.92. The lowest BCUT2D eigenvalue weighted by molar-refractivity contribution is 0.947. The lowest BCUT2D eigenvalue weighted by Crippen LogP contribution is -2.02. The van der Waals surface area contributed by atoms with Gasteiger partial charge in [0, 0.05) is 6.20 Å². The Balaban J connectivity index is 2.02. The fourth-order valence-corrected chi connectivity index (χ4v) is 1.86. The van der Waals surface area contributed by atoms with Gasteiger partial charge in [0.1, 0.15) is 5.82 Å². The minimum Gasteiger partial charge on any atom is -0.354 e. The van der Waals surface area contributed by atoms with Crippen LogP contribution in [-0.2, 0) is 6.54 Å². The Morgan fingerprint density at radius 3 is 3.13 bits per heavy atom. The van der Waals surface area contributed by atoms with Crippen molar-refractivity contribution in [3.63, 3.8) is 0 Å². The molecule has 0 aromatic carbocycles. The predicted octanol–water partition coefficient (Wildman–Crippen LogP) is 1.91. The lowest BCUT2D eigenvalue weighted by Gasteiger charge is -2.01. The molecule has 2 rings (SSSR count). The van der Waals surface area contributed by atoms with E-state index in [1.165, 1.54) is 11.3 Å². The van der Waals surface area contributed by atoms with Gasteiger partial charge in [-0.15, -0.1) is 5.10 Å². The van der Waals surface area contributed by atoms with E-state index < -0.39 is 0 Å². The molecule has 0 bridgehead atoms. The average molecular weight is 239 g/mol. The standard InChI is InChI=1S/C8H9N5S2/c1-5-9-3-2-6(11-5)4-10-7-12-13-8(14)15-7/h2-3H,4H2,1H3,(H,10,12)(H,13,14). The summed E-state index contributed by atoms with van der Waals surface area (Å²) < 4.78 is 0.663. The van der Waals surface area contributed by atoms with Gasteiger partial charge in [0.25, 0.3) is 0 Å². The molecule has 0 fully saturated rings. The second-order valence-corrected chi connectivity index (χ2v) is 4.53. The highest BCUT2D eigenvalue weighted by atomic mass is 32.1. The van der Waals surface area contributed by atoms with E-state index in [9.17, 15) is 0 Å². The molecule has 0 aliphatic heterocycles. The first-order valence-electron chi connectivity index (χ1n) is 4.32. The van der Waals surface area contributed by atoms with E-state index in [2.05, 4.69) is 25.5 Å². The van der Waals surface area contributed by atoms with Crippen LogP contribution in [0.1, 0.15) is 11.5 Å². The van der Waals surface area contributed by atoms with Gasteiger partial charge in [-0.1, -0.05) is 11.3 Å².